The summed E-state index contributed by atoms with van der Waals surface area (Å²) in [4.78, 5) is 30.3. The van der Waals surface area contributed by atoms with E-state index < -0.39 is 0 Å². The molecule has 0 saturated heterocycles. The van der Waals surface area contributed by atoms with Gasteiger partial charge in [-0.3, -0.25) is 14.2 Å². The molecule has 1 saturated carbocycles. The highest BCUT2D eigenvalue weighted by Crippen LogP contribution is 2.38. The summed E-state index contributed by atoms with van der Waals surface area (Å²) in [5.74, 6) is -0.00331. The van der Waals surface area contributed by atoms with Crippen molar-refractivity contribution in [2.24, 2.45) is 0 Å². The molecule has 3 aromatic rings. The van der Waals surface area contributed by atoms with Gasteiger partial charge in [-0.15, -0.1) is 0 Å². The molecule has 1 aromatic heterocycles. The van der Waals surface area contributed by atoms with Crippen LogP contribution in [0.4, 0.5) is 0 Å². The zero-order chi connectivity index (χ0) is 18.3. The molecule has 1 atom stereocenters. The third-order valence-electron chi connectivity index (χ3n) is 4.47. The van der Waals surface area contributed by atoms with Crippen molar-refractivity contribution < 1.29 is 4.79 Å². The fourth-order valence-corrected chi connectivity index (χ4v) is 4.11. The van der Waals surface area contributed by atoms with Crippen molar-refractivity contribution >= 4 is 40.0 Å². The number of halogens is 1. The molecule has 2 aromatic carbocycles. The molecule has 0 radical (unpaired) electrons. The number of hydrogen-bond donors (Lipinski definition) is 0. The van der Waals surface area contributed by atoms with Gasteiger partial charge in [0.05, 0.1) is 16.2 Å². The normalized spacial score (nSPS) is 15.2. The zero-order valence-corrected chi connectivity index (χ0v) is 15.8. The van der Waals surface area contributed by atoms with Gasteiger partial charge in [0.1, 0.15) is 0 Å². The number of hydrogen-bond acceptors (Lipinski definition) is 4. The van der Waals surface area contributed by atoms with Gasteiger partial charge in [-0.2, -0.15) is 0 Å². The van der Waals surface area contributed by atoms with E-state index in [9.17, 15) is 9.59 Å². The van der Waals surface area contributed by atoms with Crippen molar-refractivity contribution in [2.75, 3.05) is 0 Å². The van der Waals surface area contributed by atoms with Crippen molar-refractivity contribution in [3.63, 3.8) is 0 Å². The highest BCUT2D eigenvalue weighted by molar-refractivity contribution is 8.00. The Kier molecular flexibility index (Phi) is 4.59. The van der Waals surface area contributed by atoms with Crippen LogP contribution in [-0.4, -0.2) is 20.6 Å². The third kappa shape index (κ3) is 3.29. The number of Topliss-reactive ketones (excluding diaryl/α,β-unsaturated/α-hetero) is 1. The molecule has 0 aliphatic heterocycles. The second-order valence-electron chi connectivity index (χ2n) is 6.45. The fraction of sp³-hybridized carbons (Fsp3) is 0.250. The highest BCUT2D eigenvalue weighted by atomic mass is 35.5. The summed E-state index contributed by atoms with van der Waals surface area (Å²) in [6, 6.07) is 14.4. The molecule has 0 spiro atoms. The summed E-state index contributed by atoms with van der Waals surface area (Å²) >= 11 is 7.24. The minimum Gasteiger partial charge on any atom is -0.293 e. The monoisotopic (exact) mass is 384 g/mol. The van der Waals surface area contributed by atoms with E-state index in [0.717, 1.165) is 12.8 Å². The lowest BCUT2D eigenvalue weighted by Crippen LogP contribution is -2.24. The Balaban J connectivity index is 1.70. The zero-order valence-electron chi connectivity index (χ0n) is 14.2. The van der Waals surface area contributed by atoms with Gasteiger partial charge in [-0.05, 0) is 56.2 Å². The first-order valence-corrected chi connectivity index (χ1v) is 9.78. The van der Waals surface area contributed by atoms with Crippen molar-refractivity contribution in [2.45, 2.75) is 36.2 Å². The molecule has 4 rings (SSSR count). The van der Waals surface area contributed by atoms with Crippen LogP contribution < -0.4 is 5.56 Å². The predicted octanol–water partition coefficient (Wildman–Crippen LogP) is 4.75. The number of fused-ring (bicyclic) bond motifs is 1. The standard InChI is InChI=1S/C20H17ClN2O2S/c1-12(18(24)13-6-8-14(21)9-7-13)26-20-22-17-5-3-2-4-16(17)19(25)23(20)15-10-11-15/h2-9,12,15H,10-11H2,1H3/t12-/m1/s1. The number of carbonyl (C=O) groups excluding carboxylic acids is 1. The van der Waals surface area contributed by atoms with Crippen molar-refractivity contribution in [3.05, 3.63) is 69.5 Å². The van der Waals surface area contributed by atoms with E-state index in [1.165, 1.54) is 11.8 Å². The van der Waals surface area contributed by atoms with Gasteiger partial charge < -0.3 is 0 Å². The molecule has 26 heavy (non-hydrogen) atoms. The van der Waals surface area contributed by atoms with Crippen molar-refractivity contribution in [3.8, 4) is 0 Å². The summed E-state index contributed by atoms with van der Waals surface area (Å²) < 4.78 is 1.76. The van der Waals surface area contributed by atoms with Crippen molar-refractivity contribution in [1.82, 2.24) is 9.55 Å². The topological polar surface area (TPSA) is 52.0 Å². The fourth-order valence-electron chi connectivity index (χ4n) is 2.92. The molecule has 1 heterocycles. The Morgan fingerprint density at radius 1 is 1.19 bits per heavy atom. The Morgan fingerprint density at radius 3 is 2.58 bits per heavy atom. The van der Waals surface area contributed by atoms with Crippen LogP contribution >= 0.6 is 23.4 Å². The maximum Gasteiger partial charge on any atom is 0.262 e. The van der Waals surface area contributed by atoms with E-state index in [-0.39, 0.29) is 22.6 Å². The average Bonchev–Trinajstić information content (AvgIpc) is 3.47. The molecular weight excluding hydrogens is 368 g/mol. The lowest BCUT2D eigenvalue weighted by atomic mass is 10.1. The molecule has 1 fully saturated rings. The maximum atomic E-state index is 12.9. The second-order valence-corrected chi connectivity index (χ2v) is 8.19. The summed E-state index contributed by atoms with van der Waals surface area (Å²) in [6.07, 6.45) is 1.96. The van der Waals surface area contributed by atoms with E-state index >= 15 is 0 Å². The molecule has 0 N–H and O–H groups in total. The van der Waals surface area contributed by atoms with Crippen LogP contribution in [0.1, 0.15) is 36.2 Å². The largest absolute Gasteiger partial charge is 0.293 e. The summed E-state index contributed by atoms with van der Waals surface area (Å²) in [5, 5.41) is 1.49. The maximum absolute atomic E-state index is 12.9. The van der Waals surface area contributed by atoms with Crippen LogP contribution in [0.5, 0.6) is 0 Å². The minimum absolute atomic E-state index is 0.00331. The Bertz CT molecular complexity index is 1040. The first-order valence-electron chi connectivity index (χ1n) is 8.52. The van der Waals surface area contributed by atoms with Gasteiger partial charge in [-0.1, -0.05) is 35.5 Å². The molecular formula is C20H17ClN2O2S. The predicted molar refractivity (Wildman–Crippen MR) is 105 cm³/mol. The van der Waals surface area contributed by atoms with Gasteiger partial charge in [0.15, 0.2) is 10.9 Å². The van der Waals surface area contributed by atoms with Gasteiger partial charge in [-0.25, -0.2) is 4.98 Å². The number of aromatic nitrogens is 2. The number of carbonyl (C=O) groups is 1. The highest BCUT2D eigenvalue weighted by Gasteiger charge is 2.30. The van der Waals surface area contributed by atoms with E-state index in [1.54, 1.807) is 34.9 Å². The quantitative estimate of drug-likeness (QED) is 0.362. The third-order valence-corrected chi connectivity index (χ3v) is 5.79. The lowest BCUT2D eigenvalue weighted by Gasteiger charge is -2.15. The van der Waals surface area contributed by atoms with E-state index in [2.05, 4.69) is 4.98 Å². The van der Waals surface area contributed by atoms with Crippen LogP contribution in [0.3, 0.4) is 0 Å². The smallest absolute Gasteiger partial charge is 0.262 e. The van der Waals surface area contributed by atoms with E-state index in [1.807, 2.05) is 25.1 Å². The van der Waals surface area contributed by atoms with Crippen LogP contribution in [0.15, 0.2) is 58.5 Å². The van der Waals surface area contributed by atoms with Crippen LogP contribution in [0, 0.1) is 0 Å². The number of para-hydroxylation sites is 1. The van der Waals surface area contributed by atoms with E-state index in [0.29, 0.717) is 26.6 Å². The summed E-state index contributed by atoms with van der Waals surface area (Å²) in [6.45, 7) is 1.85. The first kappa shape index (κ1) is 17.3. The number of benzene rings is 2. The molecule has 1 aliphatic rings. The lowest BCUT2D eigenvalue weighted by molar-refractivity contribution is 0.0994. The number of nitrogens with zero attached hydrogens (tertiary/aromatic N) is 2. The van der Waals surface area contributed by atoms with Gasteiger partial charge in [0.2, 0.25) is 0 Å². The van der Waals surface area contributed by atoms with Gasteiger partial charge >= 0.3 is 0 Å². The minimum atomic E-state index is -0.353. The van der Waals surface area contributed by atoms with Crippen LogP contribution in [0.25, 0.3) is 10.9 Å². The Morgan fingerprint density at radius 2 is 1.88 bits per heavy atom. The van der Waals surface area contributed by atoms with Gasteiger partial charge in [0, 0.05) is 16.6 Å². The van der Waals surface area contributed by atoms with Crippen molar-refractivity contribution in [1.29, 1.82) is 0 Å². The molecule has 4 nitrogen and oxygen atoms in total. The molecule has 0 bridgehead atoms. The molecule has 1 aliphatic carbocycles. The molecule has 0 amide bonds. The van der Waals surface area contributed by atoms with Crippen LogP contribution in [0.2, 0.25) is 5.02 Å². The number of rotatable bonds is 5. The SMILES string of the molecule is C[C@@H](Sc1nc2ccccc2c(=O)n1C1CC1)C(=O)c1ccc(Cl)cc1. The average molecular weight is 385 g/mol. The number of thioether (sulfide) groups is 1. The van der Waals surface area contributed by atoms with Crippen LogP contribution in [-0.2, 0) is 0 Å². The first-order chi connectivity index (χ1) is 12.5. The van der Waals surface area contributed by atoms with Gasteiger partial charge in [0.25, 0.3) is 5.56 Å². The summed E-state index contributed by atoms with van der Waals surface area (Å²) in [7, 11) is 0. The Labute approximate surface area is 160 Å². The molecule has 132 valence electrons. The summed E-state index contributed by atoms with van der Waals surface area (Å²) in [5.41, 5.74) is 1.25. The molecule has 6 heteroatoms. The Hall–Kier alpha value is -2.11. The van der Waals surface area contributed by atoms with E-state index in [4.69, 9.17) is 11.6 Å². The number of ketones is 1. The molecule has 0 unspecified atom stereocenters. The second kappa shape index (κ2) is 6.89.